The number of carbonyl (C=O) groups excluding carboxylic acids is 1. The first-order valence-corrected chi connectivity index (χ1v) is 10.9. The fourth-order valence-corrected chi connectivity index (χ4v) is 5.36. The van der Waals surface area contributed by atoms with Gasteiger partial charge in [-0.3, -0.25) is 4.79 Å². The third kappa shape index (κ3) is 3.96. The highest BCUT2D eigenvalue weighted by molar-refractivity contribution is 7.20. The number of anilines is 1. The number of aromatic nitrogens is 2. The third-order valence-corrected chi connectivity index (χ3v) is 7.11. The van der Waals surface area contributed by atoms with E-state index in [0.717, 1.165) is 21.6 Å². The highest BCUT2D eigenvalue weighted by Crippen LogP contribution is 2.34. The van der Waals surface area contributed by atoms with E-state index in [0.29, 0.717) is 24.6 Å². The number of hydrogen-bond acceptors (Lipinski definition) is 7. The summed E-state index contributed by atoms with van der Waals surface area (Å²) in [4.78, 5) is 26.1. The highest BCUT2D eigenvalue weighted by Gasteiger charge is 2.21. The zero-order chi connectivity index (χ0) is 20.4. The number of ether oxygens (including phenoxy) is 1. The lowest BCUT2D eigenvalue weighted by molar-refractivity contribution is 0.0748. The molecular weight excluding hydrogens is 404 g/mol. The molecule has 4 aromatic rings. The van der Waals surface area contributed by atoms with E-state index in [1.165, 1.54) is 26.3 Å². The molecule has 0 saturated heterocycles. The van der Waals surface area contributed by atoms with Crippen molar-refractivity contribution in [2.45, 2.75) is 13.5 Å². The van der Waals surface area contributed by atoms with Crippen molar-refractivity contribution in [2.75, 3.05) is 32.6 Å². The smallest absolute Gasteiger partial charge is 0.264 e. The van der Waals surface area contributed by atoms with Crippen molar-refractivity contribution in [3.05, 3.63) is 52.0 Å². The number of aryl methyl sites for hydroxylation is 1. The largest absolute Gasteiger partial charge is 0.383 e. The number of likely N-dealkylation sites (N-methyl/N-ethyl adjacent to an activating group) is 1. The Kier molecular flexibility index (Phi) is 5.75. The summed E-state index contributed by atoms with van der Waals surface area (Å²) >= 11 is 3.18. The Hall–Kier alpha value is -2.55. The first-order chi connectivity index (χ1) is 14.1. The van der Waals surface area contributed by atoms with Gasteiger partial charge in [-0.05, 0) is 30.0 Å². The van der Waals surface area contributed by atoms with Crippen LogP contribution in [0.15, 0.2) is 36.7 Å². The topological polar surface area (TPSA) is 67.3 Å². The van der Waals surface area contributed by atoms with E-state index in [9.17, 15) is 4.79 Å². The Bertz CT molecular complexity index is 1140. The molecule has 0 aliphatic heterocycles. The summed E-state index contributed by atoms with van der Waals surface area (Å²) in [5, 5.41) is 5.61. The Morgan fingerprint density at radius 2 is 2.07 bits per heavy atom. The molecule has 3 aromatic heterocycles. The number of nitrogens with one attached hydrogen (secondary N) is 1. The van der Waals surface area contributed by atoms with E-state index in [1.54, 1.807) is 36.7 Å². The number of fused-ring (bicyclic) bond motifs is 2. The van der Waals surface area contributed by atoms with Gasteiger partial charge in [-0.2, -0.15) is 0 Å². The van der Waals surface area contributed by atoms with Crippen LogP contribution in [0.1, 0.15) is 20.1 Å². The standard InChI is InChI=1S/C21H22N4O2S2/c1-13-17-19(22-11-15-10-14-6-4-5-7-16(14)28-15)23-12-24-20(17)29-18(13)21(26)25(2)8-9-27-3/h4-7,10,12H,8-9,11H2,1-3H3,(H,22,23,24). The first-order valence-electron chi connectivity index (χ1n) is 9.28. The van der Waals surface area contributed by atoms with Crippen LogP contribution < -0.4 is 5.32 Å². The number of rotatable bonds is 7. The fraction of sp³-hybridized carbons (Fsp3) is 0.286. The summed E-state index contributed by atoms with van der Waals surface area (Å²) in [6.07, 6.45) is 1.55. The van der Waals surface area contributed by atoms with E-state index >= 15 is 0 Å². The number of thiophene rings is 2. The molecule has 0 fully saturated rings. The number of carbonyl (C=O) groups is 1. The van der Waals surface area contributed by atoms with Gasteiger partial charge in [0, 0.05) is 30.3 Å². The summed E-state index contributed by atoms with van der Waals surface area (Å²) in [6, 6.07) is 10.6. The Balaban J connectivity index is 1.60. The van der Waals surface area contributed by atoms with Gasteiger partial charge in [0.05, 0.1) is 23.4 Å². The molecule has 0 atom stereocenters. The molecule has 0 radical (unpaired) electrons. The number of amides is 1. The maximum absolute atomic E-state index is 12.8. The van der Waals surface area contributed by atoms with Gasteiger partial charge in [-0.15, -0.1) is 22.7 Å². The van der Waals surface area contributed by atoms with Gasteiger partial charge in [0.1, 0.15) is 17.0 Å². The summed E-state index contributed by atoms with van der Waals surface area (Å²) in [6.45, 7) is 3.70. The fourth-order valence-electron chi connectivity index (χ4n) is 3.21. The lowest BCUT2D eigenvalue weighted by atomic mass is 10.2. The lowest BCUT2D eigenvalue weighted by Crippen LogP contribution is -2.29. The van der Waals surface area contributed by atoms with Crippen LogP contribution in [0.4, 0.5) is 5.82 Å². The van der Waals surface area contributed by atoms with Crippen molar-refractivity contribution >= 4 is 54.7 Å². The SMILES string of the molecule is COCCN(C)C(=O)c1sc2ncnc(NCc3cc4ccccc4s3)c2c1C. The molecule has 6 nitrogen and oxygen atoms in total. The lowest BCUT2D eigenvalue weighted by Gasteiger charge is -2.16. The Morgan fingerprint density at radius 1 is 1.24 bits per heavy atom. The molecule has 0 aliphatic rings. The Labute approximate surface area is 177 Å². The molecule has 0 unspecified atom stereocenters. The molecule has 3 heterocycles. The average Bonchev–Trinajstić information content (AvgIpc) is 3.31. The molecule has 1 aromatic carbocycles. The monoisotopic (exact) mass is 426 g/mol. The van der Waals surface area contributed by atoms with Crippen molar-refractivity contribution in [3.8, 4) is 0 Å². The van der Waals surface area contributed by atoms with Crippen molar-refractivity contribution in [3.63, 3.8) is 0 Å². The highest BCUT2D eigenvalue weighted by atomic mass is 32.1. The minimum atomic E-state index is -0.0157. The predicted molar refractivity (Wildman–Crippen MR) is 120 cm³/mol. The van der Waals surface area contributed by atoms with Crippen LogP contribution in [-0.2, 0) is 11.3 Å². The minimum absolute atomic E-state index is 0.0157. The maximum atomic E-state index is 12.8. The van der Waals surface area contributed by atoms with Crippen LogP contribution in [0.5, 0.6) is 0 Å². The van der Waals surface area contributed by atoms with Crippen LogP contribution in [0.2, 0.25) is 0 Å². The third-order valence-electron chi connectivity index (χ3n) is 4.81. The zero-order valence-electron chi connectivity index (χ0n) is 16.6. The summed E-state index contributed by atoms with van der Waals surface area (Å²) in [5.41, 5.74) is 0.915. The first kappa shape index (κ1) is 19.8. The molecule has 1 N–H and O–H groups in total. The van der Waals surface area contributed by atoms with Gasteiger partial charge in [0.25, 0.3) is 5.91 Å². The van der Waals surface area contributed by atoms with Gasteiger partial charge >= 0.3 is 0 Å². The van der Waals surface area contributed by atoms with E-state index in [1.807, 2.05) is 6.92 Å². The van der Waals surface area contributed by atoms with Crippen LogP contribution >= 0.6 is 22.7 Å². The molecule has 29 heavy (non-hydrogen) atoms. The van der Waals surface area contributed by atoms with Crippen molar-refractivity contribution in [1.29, 1.82) is 0 Å². The second-order valence-corrected chi connectivity index (χ2v) is 8.95. The molecule has 0 aliphatic carbocycles. The van der Waals surface area contributed by atoms with E-state index in [4.69, 9.17) is 4.74 Å². The van der Waals surface area contributed by atoms with E-state index in [2.05, 4.69) is 45.6 Å². The number of nitrogens with zero attached hydrogens (tertiary/aromatic N) is 3. The molecule has 4 rings (SSSR count). The van der Waals surface area contributed by atoms with E-state index in [-0.39, 0.29) is 5.91 Å². The van der Waals surface area contributed by atoms with Crippen LogP contribution in [-0.4, -0.2) is 48.1 Å². The summed E-state index contributed by atoms with van der Waals surface area (Å²) in [7, 11) is 3.42. The number of methoxy groups -OCH3 is 1. The van der Waals surface area contributed by atoms with Crippen molar-refractivity contribution in [2.24, 2.45) is 0 Å². The van der Waals surface area contributed by atoms with Gasteiger partial charge < -0.3 is 15.0 Å². The van der Waals surface area contributed by atoms with Crippen LogP contribution in [0.3, 0.4) is 0 Å². The predicted octanol–water partition coefficient (Wildman–Crippen LogP) is 4.54. The van der Waals surface area contributed by atoms with Gasteiger partial charge in [0.15, 0.2) is 0 Å². The molecule has 0 spiro atoms. The minimum Gasteiger partial charge on any atom is -0.383 e. The van der Waals surface area contributed by atoms with Crippen LogP contribution in [0.25, 0.3) is 20.3 Å². The maximum Gasteiger partial charge on any atom is 0.264 e. The molecule has 0 bridgehead atoms. The Morgan fingerprint density at radius 3 is 2.86 bits per heavy atom. The summed E-state index contributed by atoms with van der Waals surface area (Å²) < 4.78 is 6.35. The molecule has 0 saturated carbocycles. The normalized spacial score (nSPS) is 11.3. The second-order valence-electron chi connectivity index (χ2n) is 6.78. The number of benzene rings is 1. The molecule has 8 heteroatoms. The van der Waals surface area contributed by atoms with Gasteiger partial charge in [-0.25, -0.2) is 9.97 Å². The van der Waals surface area contributed by atoms with Gasteiger partial charge in [-0.1, -0.05) is 18.2 Å². The zero-order valence-corrected chi connectivity index (χ0v) is 18.2. The molecule has 1 amide bonds. The van der Waals surface area contributed by atoms with E-state index < -0.39 is 0 Å². The molecular formula is C21H22N4O2S2. The summed E-state index contributed by atoms with van der Waals surface area (Å²) in [5.74, 6) is 0.748. The second kappa shape index (κ2) is 8.44. The van der Waals surface area contributed by atoms with Crippen molar-refractivity contribution in [1.82, 2.24) is 14.9 Å². The van der Waals surface area contributed by atoms with Gasteiger partial charge in [0.2, 0.25) is 0 Å². The average molecular weight is 427 g/mol. The number of hydrogen-bond donors (Lipinski definition) is 1. The van der Waals surface area contributed by atoms with Crippen molar-refractivity contribution < 1.29 is 9.53 Å². The molecule has 150 valence electrons. The quantitative estimate of drug-likeness (QED) is 0.470. The van der Waals surface area contributed by atoms with Crippen LogP contribution in [0, 0.1) is 6.92 Å².